The molecule has 0 radical (unpaired) electrons. The second kappa shape index (κ2) is 4.55. The molecule has 2 amide bonds. The number of carbonyl (C=O) groups excluding carboxylic acids is 2. The van der Waals surface area contributed by atoms with E-state index in [1.54, 1.807) is 11.9 Å². The van der Waals surface area contributed by atoms with E-state index >= 15 is 0 Å². The van der Waals surface area contributed by atoms with Crippen molar-refractivity contribution in [1.82, 2.24) is 5.43 Å². The van der Waals surface area contributed by atoms with Crippen LogP contribution in [0.3, 0.4) is 0 Å². The molecule has 0 bridgehead atoms. The number of likely N-dealkylation sites (N-methyl/N-ethyl adjacent to an activating group) is 1. The van der Waals surface area contributed by atoms with Crippen molar-refractivity contribution in [2.75, 3.05) is 11.9 Å². The Bertz CT molecular complexity index is 471. The summed E-state index contributed by atoms with van der Waals surface area (Å²) >= 11 is 0. The first-order valence-electron chi connectivity index (χ1n) is 5.49. The van der Waals surface area contributed by atoms with Crippen molar-refractivity contribution in [2.45, 2.75) is 19.3 Å². The van der Waals surface area contributed by atoms with Crippen molar-refractivity contribution >= 4 is 17.5 Å². The van der Waals surface area contributed by atoms with E-state index in [1.165, 1.54) is 0 Å². The lowest BCUT2D eigenvalue weighted by Crippen LogP contribution is -2.30. The highest BCUT2D eigenvalue weighted by Crippen LogP contribution is 2.28. The summed E-state index contributed by atoms with van der Waals surface area (Å²) < 4.78 is 0. The summed E-state index contributed by atoms with van der Waals surface area (Å²) in [6.45, 7) is 0. The molecule has 90 valence electrons. The molecule has 5 heteroatoms. The van der Waals surface area contributed by atoms with Crippen LogP contribution in [0.2, 0.25) is 0 Å². The maximum absolute atomic E-state index is 11.5. The van der Waals surface area contributed by atoms with Crippen LogP contribution in [0.5, 0.6) is 0 Å². The van der Waals surface area contributed by atoms with Crippen molar-refractivity contribution in [3.05, 3.63) is 29.3 Å². The quantitative estimate of drug-likeness (QED) is 0.442. The molecule has 5 nitrogen and oxygen atoms in total. The van der Waals surface area contributed by atoms with Crippen LogP contribution >= 0.6 is 0 Å². The SMILES string of the molecule is CN1C(=O)Cc2cc(CCC(=O)NN)ccc21. The Morgan fingerprint density at radius 2 is 2.29 bits per heavy atom. The summed E-state index contributed by atoms with van der Waals surface area (Å²) in [6, 6.07) is 5.86. The molecule has 1 aromatic carbocycles. The number of hydrogen-bond acceptors (Lipinski definition) is 3. The van der Waals surface area contributed by atoms with Crippen LogP contribution in [-0.4, -0.2) is 18.9 Å². The second-order valence-corrected chi connectivity index (χ2v) is 4.16. The zero-order valence-electron chi connectivity index (χ0n) is 9.69. The number of amides is 2. The normalized spacial score (nSPS) is 13.8. The number of rotatable bonds is 3. The van der Waals surface area contributed by atoms with Gasteiger partial charge in [-0.3, -0.25) is 15.0 Å². The molecule has 17 heavy (non-hydrogen) atoms. The molecule has 0 aliphatic carbocycles. The molecule has 3 N–H and O–H groups in total. The first-order valence-corrected chi connectivity index (χ1v) is 5.49. The van der Waals surface area contributed by atoms with Crippen LogP contribution in [-0.2, 0) is 22.4 Å². The molecule has 0 spiro atoms. The number of nitrogens with one attached hydrogen (secondary N) is 1. The molecule has 0 saturated heterocycles. The number of anilines is 1. The number of hydrogen-bond donors (Lipinski definition) is 2. The first-order chi connectivity index (χ1) is 8.11. The molecular weight excluding hydrogens is 218 g/mol. The lowest BCUT2D eigenvalue weighted by molar-refractivity contribution is -0.121. The fourth-order valence-corrected chi connectivity index (χ4v) is 2.01. The average Bonchev–Trinajstić information content (AvgIpc) is 2.62. The van der Waals surface area contributed by atoms with Crippen molar-refractivity contribution < 1.29 is 9.59 Å². The number of aryl methyl sites for hydroxylation is 1. The summed E-state index contributed by atoms with van der Waals surface area (Å²) in [4.78, 5) is 24.2. The Morgan fingerprint density at radius 1 is 1.53 bits per heavy atom. The molecule has 2 rings (SSSR count). The van der Waals surface area contributed by atoms with Gasteiger partial charge in [0, 0.05) is 19.2 Å². The Balaban J connectivity index is 2.11. The van der Waals surface area contributed by atoms with Crippen molar-refractivity contribution in [2.24, 2.45) is 5.84 Å². The minimum atomic E-state index is -0.182. The second-order valence-electron chi connectivity index (χ2n) is 4.16. The third-order valence-electron chi connectivity index (χ3n) is 3.02. The molecule has 0 aromatic heterocycles. The molecular formula is C12H15N3O2. The fourth-order valence-electron chi connectivity index (χ4n) is 2.01. The maximum Gasteiger partial charge on any atom is 0.234 e. The highest BCUT2D eigenvalue weighted by molar-refractivity contribution is 6.00. The van der Waals surface area contributed by atoms with Crippen molar-refractivity contribution in [3.8, 4) is 0 Å². The number of benzene rings is 1. The first kappa shape index (κ1) is 11.6. The summed E-state index contributed by atoms with van der Waals surface area (Å²) in [7, 11) is 1.77. The van der Waals surface area contributed by atoms with Gasteiger partial charge in [-0.2, -0.15) is 0 Å². The van der Waals surface area contributed by atoms with Crippen LogP contribution in [0.25, 0.3) is 0 Å². The predicted octanol–water partition coefficient (Wildman–Crippen LogP) is 0.128. The van der Waals surface area contributed by atoms with Gasteiger partial charge in [-0.1, -0.05) is 12.1 Å². The molecule has 1 aromatic rings. The fraction of sp³-hybridized carbons (Fsp3) is 0.333. The van der Waals surface area contributed by atoms with E-state index in [0.717, 1.165) is 16.8 Å². The van der Waals surface area contributed by atoms with Gasteiger partial charge in [0.15, 0.2) is 0 Å². The Kier molecular flexibility index (Phi) is 3.10. The Labute approximate surface area is 99.6 Å². The minimum Gasteiger partial charge on any atom is -0.315 e. The summed E-state index contributed by atoms with van der Waals surface area (Å²) in [5.41, 5.74) is 5.14. The zero-order valence-corrected chi connectivity index (χ0v) is 9.69. The molecule has 1 aliphatic rings. The Hall–Kier alpha value is -1.88. The topological polar surface area (TPSA) is 75.4 Å². The van der Waals surface area contributed by atoms with Crippen LogP contribution in [0.4, 0.5) is 5.69 Å². The van der Waals surface area contributed by atoms with Crippen LogP contribution in [0.15, 0.2) is 18.2 Å². The standard InChI is InChI=1S/C12H15N3O2/c1-15-10-4-2-8(3-5-11(16)14-13)6-9(10)7-12(15)17/h2,4,6H,3,5,7,13H2,1H3,(H,14,16). The number of nitrogens with two attached hydrogens (primary N) is 1. The van der Waals surface area contributed by atoms with Crippen LogP contribution in [0, 0.1) is 0 Å². The third-order valence-corrected chi connectivity index (χ3v) is 3.02. The van der Waals surface area contributed by atoms with Crippen LogP contribution in [0.1, 0.15) is 17.5 Å². The monoisotopic (exact) mass is 233 g/mol. The summed E-state index contributed by atoms with van der Waals surface area (Å²) in [5, 5.41) is 0. The summed E-state index contributed by atoms with van der Waals surface area (Å²) in [5.74, 6) is 4.94. The van der Waals surface area contributed by atoms with Crippen LogP contribution < -0.4 is 16.2 Å². The lowest BCUT2D eigenvalue weighted by atomic mass is 10.0. The highest BCUT2D eigenvalue weighted by atomic mass is 16.2. The van der Waals surface area contributed by atoms with E-state index in [9.17, 15) is 9.59 Å². The van der Waals surface area contributed by atoms with Gasteiger partial charge in [0.1, 0.15) is 0 Å². The molecule has 1 aliphatic heterocycles. The highest BCUT2D eigenvalue weighted by Gasteiger charge is 2.23. The van der Waals surface area contributed by atoms with E-state index < -0.39 is 0 Å². The Morgan fingerprint density at radius 3 is 3.00 bits per heavy atom. The van der Waals surface area contributed by atoms with E-state index in [2.05, 4.69) is 5.43 Å². The van der Waals surface area contributed by atoms with Gasteiger partial charge in [-0.15, -0.1) is 0 Å². The number of carbonyl (C=O) groups is 2. The predicted molar refractivity (Wildman–Crippen MR) is 64.2 cm³/mol. The molecule has 0 unspecified atom stereocenters. The van der Waals surface area contributed by atoms with E-state index in [-0.39, 0.29) is 11.8 Å². The van der Waals surface area contributed by atoms with Gasteiger partial charge in [0.05, 0.1) is 6.42 Å². The number of nitrogens with zero attached hydrogens (tertiary/aromatic N) is 1. The largest absolute Gasteiger partial charge is 0.315 e. The van der Waals surface area contributed by atoms with Gasteiger partial charge >= 0.3 is 0 Å². The number of fused-ring (bicyclic) bond motifs is 1. The van der Waals surface area contributed by atoms with Gasteiger partial charge < -0.3 is 4.90 Å². The molecule has 0 atom stereocenters. The average molecular weight is 233 g/mol. The smallest absolute Gasteiger partial charge is 0.234 e. The summed E-state index contributed by atoms with van der Waals surface area (Å²) in [6.07, 6.45) is 1.44. The lowest BCUT2D eigenvalue weighted by Gasteiger charge is -2.10. The van der Waals surface area contributed by atoms with Gasteiger partial charge in [-0.25, -0.2) is 5.84 Å². The van der Waals surface area contributed by atoms with Gasteiger partial charge in [0.2, 0.25) is 11.8 Å². The zero-order chi connectivity index (χ0) is 12.4. The third kappa shape index (κ3) is 2.29. The maximum atomic E-state index is 11.5. The van der Waals surface area contributed by atoms with Gasteiger partial charge in [-0.05, 0) is 23.6 Å². The van der Waals surface area contributed by atoms with E-state index in [0.29, 0.717) is 19.3 Å². The van der Waals surface area contributed by atoms with Crippen molar-refractivity contribution in [1.29, 1.82) is 0 Å². The molecule has 0 saturated carbocycles. The van der Waals surface area contributed by atoms with E-state index in [4.69, 9.17) is 5.84 Å². The minimum absolute atomic E-state index is 0.108. The number of hydrazine groups is 1. The molecule has 1 heterocycles. The van der Waals surface area contributed by atoms with Gasteiger partial charge in [0.25, 0.3) is 0 Å². The van der Waals surface area contributed by atoms with E-state index in [1.807, 2.05) is 18.2 Å². The van der Waals surface area contributed by atoms with Crippen molar-refractivity contribution in [3.63, 3.8) is 0 Å². The molecule has 0 fully saturated rings.